The Morgan fingerprint density at radius 3 is 2.45 bits per heavy atom. The number of alkyl halides is 3. The van der Waals surface area contributed by atoms with Crippen LogP contribution in [0.3, 0.4) is 0 Å². The summed E-state index contributed by atoms with van der Waals surface area (Å²) >= 11 is 0. The third-order valence-corrected chi connectivity index (χ3v) is 10.4. The molecule has 1 aliphatic heterocycles. The number of piperazine rings is 1. The van der Waals surface area contributed by atoms with Crippen molar-refractivity contribution in [2.45, 2.75) is 38.1 Å². The van der Waals surface area contributed by atoms with Crippen LogP contribution in [-0.4, -0.2) is 82.2 Å². The number of amides is 2. The highest BCUT2D eigenvalue weighted by Gasteiger charge is 2.34. The zero-order valence-electron chi connectivity index (χ0n) is 30.8. The van der Waals surface area contributed by atoms with Gasteiger partial charge in [-0.25, -0.2) is 14.8 Å². The van der Waals surface area contributed by atoms with Gasteiger partial charge in [0.25, 0.3) is 0 Å². The number of hydrogen-bond donors (Lipinski definition) is 3. The van der Waals surface area contributed by atoms with E-state index < -0.39 is 17.8 Å². The number of methoxy groups -OCH3 is 2. The fraction of sp³-hybridized carbons (Fsp3) is 0.325. The number of pyridine rings is 2. The number of carbonyl (C=O) groups excluding carboxylic acids is 1. The number of aromatic nitrogens is 4. The van der Waals surface area contributed by atoms with Crippen molar-refractivity contribution in [3.8, 4) is 22.8 Å². The number of nitrogens with one attached hydrogen (secondary N) is 3. The third kappa shape index (κ3) is 7.49. The van der Waals surface area contributed by atoms with E-state index in [9.17, 15) is 18.0 Å². The van der Waals surface area contributed by atoms with E-state index in [0.29, 0.717) is 54.3 Å². The molecule has 286 valence electrons. The number of benzene rings is 2. The number of imidazole rings is 1. The molecule has 2 amide bonds. The maximum atomic E-state index is 14.2. The van der Waals surface area contributed by atoms with Gasteiger partial charge in [0.2, 0.25) is 0 Å². The van der Waals surface area contributed by atoms with Crippen molar-refractivity contribution in [2.24, 2.45) is 0 Å². The first kappa shape index (κ1) is 36.2. The number of ether oxygens (including phenoxy) is 2. The van der Waals surface area contributed by atoms with Crippen molar-refractivity contribution in [3.63, 3.8) is 0 Å². The Morgan fingerprint density at radius 2 is 1.71 bits per heavy atom. The number of rotatable bonds is 11. The lowest BCUT2D eigenvalue weighted by Crippen LogP contribution is -2.44. The van der Waals surface area contributed by atoms with Gasteiger partial charge in [0, 0.05) is 93.0 Å². The summed E-state index contributed by atoms with van der Waals surface area (Å²) in [5, 5.41) is 9.87. The molecule has 2 fully saturated rings. The Balaban J connectivity index is 1.06. The van der Waals surface area contributed by atoms with Crippen LogP contribution in [0.2, 0.25) is 0 Å². The van der Waals surface area contributed by atoms with Crippen LogP contribution in [0.4, 0.5) is 35.2 Å². The van der Waals surface area contributed by atoms with Crippen LogP contribution in [-0.2, 0) is 19.3 Å². The molecule has 0 spiro atoms. The Labute approximate surface area is 315 Å². The highest BCUT2D eigenvalue weighted by Crippen LogP contribution is 2.44. The summed E-state index contributed by atoms with van der Waals surface area (Å²) in [6, 6.07) is 15.0. The normalized spacial score (nSPS) is 15.4. The second-order valence-corrected chi connectivity index (χ2v) is 14.0. The molecule has 1 aliphatic carbocycles. The first-order chi connectivity index (χ1) is 26.6. The summed E-state index contributed by atoms with van der Waals surface area (Å²) in [5.74, 6) is 2.10. The van der Waals surface area contributed by atoms with Gasteiger partial charge in [-0.3, -0.25) is 9.30 Å². The van der Waals surface area contributed by atoms with Crippen molar-refractivity contribution in [3.05, 3.63) is 96.1 Å². The van der Waals surface area contributed by atoms with E-state index in [0.717, 1.165) is 59.7 Å². The smallest absolute Gasteiger partial charge is 0.416 e. The number of likely N-dealkylation sites (N-methyl/N-ethyl adjacent to an activating group) is 1. The molecular formula is C40H42F3N9O3. The number of anilines is 3. The molecule has 8 rings (SSSR count). The lowest BCUT2D eigenvalue weighted by atomic mass is 10.0. The monoisotopic (exact) mass is 753 g/mol. The summed E-state index contributed by atoms with van der Waals surface area (Å²) < 4.78 is 57.8. The van der Waals surface area contributed by atoms with E-state index in [1.54, 1.807) is 32.7 Å². The van der Waals surface area contributed by atoms with Gasteiger partial charge in [0.15, 0.2) is 5.65 Å². The van der Waals surface area contributed by atoms with Crippen LogP contribution in [0.25, 0.3) is 27.8 Å². The summed E-state index contributed by atoms with van der Waals surface area (Å²) in [5.41, 5.74) is 4.04. The van der Waals surface area contributed by atoms with Gasteiger partial charge in [-0.05, 0) is 67.9 Å². The zero-order valence-corrected chi connectivity index (χ0v) is 30.8. The second-order valence-electron chi connectivity index (χ2n) is 14.0. The molecule has 3 N–H and O–H groups in total. The topological polar surface area (TPSA) is 113 Å². The molecular weight excluding hydrogens is 711 g/mol. The van der Waals surface area contributed by atoms with E-state index in [2.05, 4.69) is 36.6 Å². The molecule has 1 saturated heterocycles. The van der Waals surface area contributed by atoms with Crippen molar-refractivity contribution in [1.82, 2.24) is 28.7 Å². The number of carbonyl (C=O) groups is 1. The second kappa shape index (κ2) is 14.8. The van der Waals surface area contributed by atoms with Crippen LogP contribution in [0.5, 0.6) is 11.5 Å². The predicted octanol–water partition coefficient (Wildman–Crippen LogP) is 7.73. The molecule has 2 aromatic carbocycles. The van der Waals surface area contributed by atoms with E-state index in [-0.39, 0.29) is 17.8 Å². The van der Waals surface area contributed by atoms with Gasteiger partial charge in [0.05, 0.1) is 42.1 Å². The number of halogens is 3. The van der Waals surface area contributed by atoms with Crippen LogP contribution in [0.15, 0.2) is 79.4 Å². The molecule has 6 aromatic rings. The summed E-state index contributed by atoms with van der Waals surface area (Å²) in [6.45, 7) is 3.61. The van der Waals surface area contributed by atoms with Crippen LogP contribution in [0, 0.1) is 0 Å². The summed E-state index contributed by atoms with van der Waals surface area (Å²) in [7, 11) is 5.24. The fourth-order valence-corrected chi connectivity index (χ4v) is 7.28. The Kier molecular flexibility index (Phi) is 9.73. The first-order valence-corrected chi connectivity index (χ1v) is 18.2. The molecule has 0 radical (unpaired) electrons. The van der Waals surface area contributed by atoms with E-state index in [1.807, 2.05) is 52.9 Å². The molecule has 0 bridgehead atoms. The molecule has 12 nitrogen and oxygen atoms in total. The van der Waals surface area contributed by atoms with Crippen molar-refractivity contribution >= 4 is 39.8 Å². The molecule has 55 heavy (non-hydrogen) atoms. The van der Waals surface area contributed by atoms with E-state index in [4.69, 9.17) is 14.5 Å². The standard InChI is InChI=1S/C40H42F3N9O3/c1-49-16-18-50(19-17-49)23-26-4-6-27(20-31(26)40(41,42)43)47-39(53)48-32-10-11-33(51-15-14-45-38(32)51)30-24-52(28-7-8-28)34-12-13-44-37(36(30)34)46-22-25-5-9-29(54-2)21-35(25)55-3/h4-6,9-15,20-21,24,28H,7-8,16-19,22-23H2,1-3H3,(H,44,46)(H2,47,48,53). The number of fused-ring (bicyclic) bond motifs is 2. The van der Waals surface area contributed by atoms with Crippen LogP contribution >= 0.6 is 0 Å². The summed E-state index contributed by atoms with van der Waals surface area (Å²) in [6.07, 6.45) is 4.99. The van der Waals surface area contributed by atoms with Crippen molar-refractivity contribution in [1.29, 1.82) is 0 Å². The highest BCUT2D eigenvalue weighted by molar-refractivity contribution is 6.05. The molecule has 2 aliphatic rings. The zero-order chi connectivity index (χ0) is 38.3. The van der Waals surface area contributed by atoms with E-state index in [1.165, 1.54) is 12.1 Å². The van der Waals surface area contributed by atoms with Gasteiger partial charge < -0.3 is 34.9 Å². The van der Waals surface area contributed by atoms with Gasteiger partial charge in [0.1, 0.15) is 17.3 Å². The Morgan fingerprint density at radius 1 is 0.909 bits per heavy atom. The highest BCUT2D eigenvalue weighted by atomic mass is 19.4. The van der Waals surface area contributed by atoms with Crippen LogP contribution in [0.1, 0.15) is 35.6 Å². The number of urea groups is 1. The number of hydrogen-bond acceptors (Lipinski definition) is 8. The van der Waals surface area contributed by atoms with Crippen molar-refractivity contribution < 1.29 is 27.4 Å². The van der Waals surface area contributed by atoms with Gasteiger partial charge >= 0.3 is 12.2 Å². The minimum Gasteiger partial charge on any atom is -0.497 e. The molecule has 1 saturated carbocycles. The molecule has 5 heterocycles. The van der Waals surface area contributed by atoms with Gasteiger partial charge in [-0.2, -0.15) is 13.2 Å². The third-order valence-electron chi connectivity index (χ3n) is 10.4. The van der Waals surface area contributed by atoms with E-state index >= 15 is 0 Å². The molecule has 0 atom stereocenters. The average Bonchev–Trinajstić information content (AvgIpc) is 3.76. The Bertz CT molecular complexity index is 2360. The maximum Gasteiger partial charge on any atom is 0.416 e. The molecule has 15 heteroatoms. The first-order valence-electron chi connectivity index (χ1n) is 18.2. The van der Waals surface area contributed by atoms with Crippen molar-refractivity contribution in [2.75, 3.05) is 63.4 Å². The SMILES string of the molecule is COc1ccc(CNc2nccc3c2c(-c2ccc(NC(=O)Nc4ccc(CN5CCN(C)CC5)c(C(F)(F)F)c4)c4nccn24)cn3C2CC2)c(OC)c1. The largest absolute Gasteiger partial charge is 0.497 e. The molecule has 0 unspecified atom stereocenters. The summed E-state index contributed by atoms with van der Waals surface area (Å²) in [4.78, 5) is 26.8. The van der Waals surface area contributed by atoms with Gasteiger partial charge in [-0.1, -0.05) is 6.07 Å². The fourth-order valence-electron chi connectivity index (χ4n) is 7.28. The molecule has 4 aromatic heterocycles. The minimum atomic E-state index is -4.58. The van der Waals surface area contributed by atoms with Gasteiger partial charge in [-0.15, -0.1) is 0 Å². The maximum absolute atomic E-state index is 14.2. The lowest BCUT2D eigenvalue weighted by Gasteiger charge is -2.33. The Hall–Kier alpha value is -5.80. The average molecular weight is 754 g/mol. The minimum absolute atomic E-state index is 0.0376. The lowest BCUT2D eigenvalue weighted by molar-refractivity contribution is -0.138. The quantitative estimate of drug-likeness (QED) is 0.123. The number of nitrogens with zero attached hydrogens (tertiary/aromatic N) is 6. The predicted molar refractivity (Wildman–Crippen MR) is 206 cm³/mol. The van der Waals surface area contributed by atoms with Crippen LogP contribution < -0.4 is 25.4 Å².